The Bertz CT molecular complexity index is 692. The smallest absolute Gasteiger partial charge is 0.242 e. The highest BCUT2D eigenvalue weighted by Crippen LogP contribution is 2.21. The second-order valence-corrected chi connectivity index (χ2v) is 6.18. The van der Waals surface area contributed by atoms with Gasteiger partial charge in [-0.25, -0.2) is 0 Å². The summed E-state index contributed by atoms with van der Waals surface area (Å²) in [5.74, 6) is 0.618. The van der Waals surface area contributed by atoms with E-state index in [4.69, 9.17) is 4.42 Å². The third kappa shape index (κ3) is 3.85. The van der Waals surface area contributed by atoms with Gasteiger partial charge in [-0.1, -0.05) is 29.8 Å². The van der Waals surface area contributed by atoms with Crippen LogP contribution in [0.5, 0.6) is 0 Å². The number of hydrogen-bond donors (Lipinski definition) is 1. The molecule has 0 bridgehead atoms. The summed E-state index contributed by atoms with van der Waals surface area (Å²) < 4.78 is 5.29. The lowest BCUT2D eigenvalue weighted by Gasteiger charge is -2.23. The van der Waals surface area contributed by atoms with Gasteiger partial charge in [0.1, 0.15) is 11.8 Å². The van der Waals surface area contributed by atoms with Crippen molar-refractivity contribution in [1.82, 2.24) is 10.2 Å². The SMILES string of the molecule is Cc1ccc(CCNC(=O)[C@H]2CCC(=O)N2Cc2ccco2)cc1. The topological polar surface area (TPSA) is 62.6 Å². The van der Waals surface area contributed by atoms with Gasteiger partial charge in [0, 0.05) is 13.0 Å². The number of rotatable bonds is 6. The minimum Gasteiger partial charge on any atom is -0.467 e. The molecule has 24 heavy (non-hydrogen) atoms. The number of nitrogens with one attached hydrogen (secondary N) is 1. The monoisotopic (exact) mass is 326 g/mol. The average molecular weight is 326 g/mol. The molecule has 1 aromatic carbocycles. The molecule has 0 radical (unpaired) electrons. The van der Waals surface area contributed by atoms with Gasteiger partial charge in [0.25, 0.3) is 0 Å². The number of hydrogen-bond acceptors (Lipinski definition) is 3. The molecule has 1 N–H and O–H groups in total. The van der Waals surface area contributed by atoms with E-state index in [0.717, 1.165) is 6.42 Å². The maximum atomic E-state index is 12.4. The molecule has 1 aliphatic heterocycles. The number of aryl methyl sites for hydroxylation is 1. The van der Waals surface area contributed by atoms with E-state index < -0.39 is 6.04 Å². The van der Waals surface area contributed by atoms with Crippen molar-refractivity contribution in [2.45, 2.75) is 38.8 Å². The average Bonchev–Trinajstić information content (AvgIpc) is 3.20. The van der Waals surface area contributed by atoms with Gasteiger partial charge >= 0.3 is 0 Å². The van der Waals surface area contributed by atoms with E-state index in [-0.39, 0.29) is 11.8 Å². The van der Waals surface area contributed by atoms with Crippen LogP contribution in [0.2, 0.25) is 0 Å². The number of furan rings is 1. The number of amides is 2. The minimum atomic E-state index is -0.402. The first-order chi connectivity index (χ1) is 11.6. The first-order valence-corrected chi connectivity index (χ1v) is 8.28. The van der Waals surface area contributed by atoms with Gasteiger partial charge < -0.3 is 14.6 Å². The molecule has 1 saturated heterocycles. The second-order valence-electron chi connectivity index (χ2n) is 6.18. The molecule has 0 saturated carbocycles. The van der Waals surface area contributed by atoms with Gasteiger partial charge in [-0.3, -0.25) is 9.59 Å². The Labute approximate surface area is 141 Å². The van der Waals surface area contributed by atoms with Crippen LogP contribution in [0.25, 0.3) is 0 Å². The van der Waals surface area contributed by atoms with Crippen molar-refractivity contribution in [3.8, 4) is 0 Å². The van der Waals surface area contributed by atoms with Crippen LogP contribution in [-0.2, 0) is 22.6 Å². The fraction of sp³-hybridized carbons (Fsp3) is 0.368. The Morgan fingerprint density at radius 2 is 2.08 bits per heavy atom. The first-order valence-electron chi connectivity index (χ1n) is 8.28. The number of carbonyl (C=O) groups is 2. The number of likely N-dealkylation sites (tertiary alicyclic amines) is 1. The Kier molecular flexibility index (Phi) is 4.99. The van der Waals surface area contributed by atoms with Crippen LogP contribution in [0.1, 0.15) is 29.7 Å². The van der Waals surface area contributed by atoms with Crippen molar-refractivity contribution in [1.29, 1.82) is 0 Å². The van der Waals surface area contributed by atoms with E-state index in [1.54, 1.807) is 17.2 Å². The summed E-state index contributed by atoms with van der Waals surface area (Å²) in [6, 6.07) is 11.5. The molecule has 2 amide bonds. The van der Waals surface area contributed by atoms with Crippen molar-refractivity contribution in [2.24, 2.45) is 0 Å². The van der Waals surface area contributed by atoms with E-state index in [9.17, 15) is 9.59 Å². The third-order valence-corrected chi connectivity index (χ3v) is 4.37. The van der Waals surface area contributed by atoms with E-state index in [0.29, 0.717) is 31.7 Å². The molecule has 0 unspecified atom stereocenters. The molecular weight excluding hydrogens is 304 g/mol. The summed E-state index contributed by atoms with van der Waals surface area (Å²) in [5, 5.41) is 2.95. The maximum absolute atomic E-state index is 12.4. The second kappa shape index (κ2) is 7.34. The van der Waals surface area contributed by atoms with Crippen LogP contribution in [0.3, 0.4) is 0 Å². The third-order valence-electron chi connectivity index (χ3n) is 4.37. The zero-order valence-corrected chi connectivity index (χ0v) is 13.8. The van der Waals surface area contributed by atoms with Crippen LogP contribution in [0, 0.1) is 6.92 Å². The molecule has 1 fully saturated rings. The fourth-order valence-corrected chi connectivity index (χ4v) is 2.98. The zero-order chi connectivity index (χ0) is 16.9. The number of nitrogens with zero attached hydrogens (tertiary/aromatic N) is 1. The molecule has 2 heterocycles. The molecule has 2 aromatic rings. The van der Waals surface area contributed by atoms with Crippen molar-refractivity contribution in [2.75, 3.05) is 6.54 Å². The molecule has 1 aromatic heterocycles. The van der Waals surface area contributed by atoms with Crippen LogP contribution >= 0.6 is 0 Å². The van der Waals surface area contributed by atoms with Gasteiger partial charge in [-0.05, 0) is 37.5 Å². The van der Waals surface area contributed by atoms with Crippen molar-refractivity contribution < 1.29 is 14.0 Å². The van der Waals surface area contributed by atoms with E-state index in [1.807, 2.05) is 6.07 Å². The fourth-order valence-electron chi connectivity index (χ4n) is 2.98. The maximum Gasteiger partial charge on any atom is 0.242 e. The summed E-state index contributed by atoms with van der Waals surface area (Å²) in [6.45, 7) is 2.97. The Balaban J connectivity index is 1.53. The Hall–Kier alpha value is -2.56. The Morgan fingerprint density at radius 1 is 1.29 bits per heavy atom. The van der Waals surface area contributed by atoms with E-state index in [1.165, 1.54) is 11.1 Å². The van der Waals surface area contributed by atoms with Crippen LogP contribution in [-0.4, -0.2) is 29.3 Å². The highest BCUT2D eigenvalue weighted by atomic mass is 16.3. The number of carbonyl (C=O) groups excluding carboxylic acids is 2. The largest absolute Gasteiger partial charge is 0.467 e. The highest BCUT2D eigenvalue weighted by Gasteiger charge is 2.36. The van der Waals surface area contributed by atoms with Gasteiger partial charge in [-0.2, -0.15) is 0 Å². The summed E-state index contributed by atoms with van der Waals surface area (Å²) in [5.41, 5.74) is 2.41. The van der Waals surface area contributed by atoms with E-state index >= 15 is 0 Å². The van der Waals surface area contributed by atoms with Gasteiger partial charge in [0.2, 0.25) is 11.8 Å². The molecule has 3 rings (SSSR count). The van der Waals surface area contributed by atoms with Gasteiger partial charge in [0.05, 0.1) is 12.8 Å². The van der Waals surface area contributed by atoms with Crippen molar-refractivity contribution in [3.63, 3.8) is 0 Å². The Morgan fingerprint density at radius 3 is 2.79 bits per heavy atom. The molecule has 1 atom stereocenters. The predicted octanol–water partition coefficient (Wildman–Crippen LogP) is 2.44. The molecule has 126 valence electrons. The molecule has 0 spiro atoms. The summed E-state index contributed by atoms with van der Waals surface area (Å²) in [6.07, 6.45) is 3.34. The normalized spacial score (nSPS) is 17.3. The lowest BCUT2D eigenvalue weighted by Crippen LogP contribution is -2.44. The molecule has 5 heteroatoms. The highest BCUT2D eigenvalue weighted by molar-refractivity contribution is 5.90. The van der Waals surface area contributed by atoms with Gasteiger partial charge in [-0.15, -0.1) is 0 Å². The first kappa shape index (κ1) is 16.3. The molecular formula is C19H22N2O3. The van der Waals surface area contributed by atoms with E-state index in [2.05, 4.69) is 36.5 Å². The standard InChI is InChI=1S/C19H22N2O3/c1-14-4-6-15(7-5-14)10-11-20-19(23)17-8-9-18(22)21(17)13-16-3-2-12-24-16/h2-7,12,17H,8-11,13H2,1H3,(H,20,23)/t17-/m1/s1. The van der Waals surface area contributed by atoms with Crippen LogP contribution < -0.4 is 5.32 Å². The van der Waals surface area contributed by atoms with Crippen LogP contribution in [0.15, 0.2) is 47.1 Å². The van der Waals surface area contributed by atoms with Crippen molar-refractivity contribution >= 4 is 11.8 Å². The quantitative estimate of drug-likeness (QED) is 0.887. The summed E-state index contributed by atoms with van der Waals surface area (Å²) >= 11 is 0. The lowest BCUT2D eigenvalue weighted by atomic mass is 10.1. The van der Waals surface area contributed by atoms with Crippen molar-refractivity contribution in [3.05, 3.63) is 59.5 Å². The lowest BCUT2D eigenvalue weighted by molar-refractivity contribution is -0.136. The molecule has 1 aliphatic rings. The summed E-state index contributed by atoms with van der Waals surface area (Å²) in [4.78, 5) is 26.1. The minimum absolute atomic E-state index is 0.00471. The van der Waals surface area contributed by atoms with Gasteiger partial charge in [0.15, 0.2) is 0 Å². The zero-order valence-electron chi connectivity index (χ0n) is 13.8. The molecule has 0 aliphatic carbocycles. The summed E-state index contributed by atoms with van der Waals surface area (Å²) in [7, 11) is 0. The number of benzene rings is 1. The molecule has 5 nitrogen and oxygen atoms in total. The van der Waals surface area contributed by atoms with Crippen LogP contribution in [0.4, 0.5) is 0 Å². The predicted molar refractivity (Wildman–Crippen MR) is 90.2 cm³/mol.